The van der Waals surface area contributed by atoms with E-state index in [1.807, 2.05) is 0 Å². The maximum Gasteiger partial charge on any atom is 0.338 e. The summed E-state index contributed by atoms with van der Waals surface area (Å²) in [6.45, 7) is 0.848. The van der Waals surface area contributed by atoms with Gasteiger partial charge in [0.1, 0.15) is 12.7 Å². The Kier molecular flexibility index (Phi) is 6.58. The lowest BCUT2D eigenvalue weighted by atomic mass is 10.1. The van der Waals surface area contributed by atoms with Crippen molar-refractivity contribution in [3.05, 3.63) is 71.8 Å². The third-order valence-electron chi connectivity index (χ3n) is 4.23. The van der Waals surface area contributed by atoms with Crippen molar-refractivity contribution in [2.45, 2.75) is 31.5 Å². The number of aliphatic hydroxyl groups is 1. The zero-order valence-electron chi connectivity index (χ0n) is 15.6. The predicted molar refractivity (Wildman–Crippen MR) is 98.8 cm³/mol. The molecule has 2 aromatic rings. The number of hydrogen-bond donors (Lipinski definition) is 1. The van der Waals surface area contributed by atoms with Crippen LogP contribution in [0.2, 0.25) is 0 Å². The number of aliphatic hydroxyl groups excluding tert-OH is 1. The van der Waals surface area contributed by atoms with Crippen molar-refractivity contribution >= 4 is 17.9 Å². The zero-order valence-corrected chi connectivity index (χ0v) is 15.6. The fourth-order valence-corrected chi connectivity index (χ4v) is 2.88. The molecule has 0 spiro atoms. The van der Waals surface area contributed by atoms with Crippen molar-refractivity contribution in [1.82, 2.24) is 0 Å². The highest BCUT2D eigenvalue weighted by Gasteiger charge is 2.49. The molecule has 0 saturated carbocycles. The third-order valence-corrected chi connectivity index (χ3v) is 4.23. The highest BCUT2D eigenvalue weighted by atomic mass is 16.7. The number of carbonyl (C=O) groups is 3. The van der Waals surface area contributed by atoms with Gasteiger partial charge in [0.05, 0.1) is 11.1 Å². The van der Waals surface area contributed by atoms with Crippen LogP contribution in [-0.2, 0) is 23.7 Å². The number of hydrogen-bond acceptors (Lipinski definition) is 8. The monoisotopic (exact) mass is 400 g/mol. The normalized spacial score (nSPS) is 23.2. The molecule has 0 bridgehead atoms. The van der Waals surface area contributed by atoms with E-state index in [1.165, 1.54) is 0 Å². The van der Waals surface area contributed by atoms with Gasteiger partial charge < -0.3 is 24.1 Å². The summed E-state index contributed by atoms with van der Waals surface area (Å²) in [6.07, 6.45) is -4.96. The molecule has 2 aromatic carbocycles. The summed E-state index contributed by atoms with van der Waals surface area (Å²) in [4.78, 5) is 36.0. The van der Waals surface area contributed by atoms with Gasteiger partial charge in [-0.3, -0.25) is 4.79 Å². The average molecular weight is 400 g/mol. The predicted octanol–water partition coefficient (Wildman–Crippen LogP) is 1.72. The summed E-state index contributed by atoms with van der Waals surface area (Å²) in [6, 6.07) is 16.5. The number of rotatable bonds is 6. The van der Waals surface area contributed by atoms with E-state index in [4.69, 9.17) is 18.9 Å². The zero-order chi connectivity index (χ0) is 20.8. The molecule has 8 nitrogen and oxygen atoms in total. The smallest absolute Gasteiger partial charge is 0.338 e. The Morgan fingerprint density at radius 1 is 0.862 bits per heavy atom. The molecule has 0 aliphatic carbocycles. The van der Waals surface area contributed by atoms with Gasteiger partial charge in [-0.1, -0.05) is 36.4 Å². The molecule has 1 N–H and O–H groups in total. The van der Waals surface area contributed by atoms with Gasteiger partial charge in [-0.05, 0) is 24.3 Å². The van der Waals surface area contributed by atoms with E-state index < -0.39 is 42.5 Å². The molecule has 1 fully saturated rings. The SMILES string of the molecule is CC(=O)OC1C(OC(=O)c2ccccc2)[C@H](COC(=O)c2ccccc2)O[C@H]1O. The van der Waals surface area contributed by atoms with Gasteiger partial charge in [0.2, 0.25) is 0 Å². The molecule has 0 radical (unpaired) electrons. The summed E-state index contributed by atoms with van der Waals surface area (Å²) < 4.78 is 21.1. The van der Waals surface area contributed by atoms with Crippen LogP contribution in [0, 0.1) is 0 Å². The van der Waals surface area contributed by atoms with E-state index in [-0.39, 0.29) is 12.2 Å². The second-order valence-corrected chi connectivity index (χ2v) is 6.34. The van der Waals surface area contributed by atoms with Crippen molar-refractivity contribution in [2.75, 3.05) is 6.61 Å². The topological polar surface area (TPSA) is 108 Å². The highest BCUT2D eigenvalue weighted by molar-refractivity contribution is 5.90. The quantitative estimate of drug-likeness (QED) is 0.577. The second kappa shape index (κ2) is 9.31. The van der Waals surface area contributed by atoms with Crippen molar-refractivity contribution in [1.29, 1.82) is 0 Å². The number of ether oxygens (including phenoxy) is 4. The molecule has 1 heterocycles. The molecule has 2 unspecified atom stereocenters. The lowest BCUT2D eigenvalue weighted by molar-refractivity contribution is -0.170. The van der Waals surface area contributed by atoms with E-state index in [2.05, 4.69) is 0 Å². The van der Waals surface area contributed by atoms with Crippen molar-refractivity contribution in [3.63, 3.8) is 0 Å². The van der Waals surface area contributed by atoms with Crippen LogP contribution in [0.3, 0.4) is 0 Å². The van der Waals surface area contributed by atoms with Gasteiger partial charge in [0.15, 0.2) is 18.5 Å². The third kappa shape index (κ3) is 5.18. The Labute approximate surface area is 167 Å². The van der Waals surface area contributed by atoms with Crippen molar-refractivity contribution < 1.29 is 38.4 Å². The maximum atomic E-state index is 12.4. The molecule has 1 aliphatic rings. The van der Waals surface area contributed by atoms with Crippen molar-refractivity contribution in [2.24, 2.45) is 0 Å². The minimum atomic E-state index is -1.53. The molecule has 1 saturated heterocycles. The minimum Gasteiger partial charge on any atom is -0.459 e. The Balaban J connectivity index is 1.72. The van der Waals surface area contributed by atoms with E-state index in [1.54, 1.807) is 60.7 Å². The first-order valence-electron chi connectivity index (χ1n) is 8.94. The lowest BCUT2D eigenvalue weighted by Gasteiger charge is -2.22. The Morgan fingerprint density at radius 2 is 1.41 bits per heavy atom. The first-order chi connectivity index (χ1) is 14.0. The Morgan fingerprint density at radius 3 is 1.97 bits per heavy atom. The van der Waals surface area contributed by atoms with Crippen LogP contribution in [0.25, 0.3) is 0 Å². The molecule has 0 amide bonds. The summed E-state index contributed by atoms with van der Waals surface area (Å²) in [5.74, 6) is -1.97. The van der Waals surface area contributed by atoms with Crippen molar-refractivity contribution in [3.8, 4) is 0 Å². The maximum absolute atomic E-state index is 12.4. The van der Waals surface area contributed by atoms with Crippen LogP contribution in [0.4, 0.5) is 0 Å². The summed E-state index contributed by atoms with van der Waals surface area (Å²) in [5.41, 5.74) is 0.607. The van der Waals surface area contributed by atoms with Gasteiger partial charge in [-0.15, -0.1) is 0 Å². The van der Waals surface area contributed by atoms with Gasteiger partial charge in [0, 0.05) is 6.92 Å². The Hall–Kier alpha value is -3.23. The van der Waals surface area contributed by atoms with Crippen LogP contribution in [0.5, 0.6) is 0 Å². The average Bonchev–Trinajstić information content (AvgIpc) is 3.01. The number of carbonyl (C=O) groups excluding carboxylic acids is 3. The minimum absolute atomic E-state index is 0.274. The van der Waals surface area contributed by atoms with Gasteiger partial charge >= 0.3 is 17.9 Å². The number of esters is 3. The van der Waals surface area contributed by atoms with Crippen LogP contribution < -0.4 is 0 Å². The van der Waals surface area contributed by atoms with Crippen LogP contribution in [-0.4, -0.2) is 54.2 Å². The van der Waals surface area contributed by atoms with Gasteiger partial charge in [0.25, 0.3) is 0 Å². The molecule has 1 aliphatic heterocycles. The first-order valence-corrected chi connectivity index (χ1v) is 8.94. The molecule has 0 aromatic heterocycles. The summed E-state index contributed by atoms with van der Waals surface area (Å²) in [7, 11) is 0. The largest absolute Gasteiger partial charge is 0.459 e. The molecule has 152 valence electrons. The molecule has 29 heavy (non-hydrogen) atoms. The number of benzene rings is 2. The van der Waals surface area contributed by atoms with E-state index in [9.17, 15) is 19.5 Å². The highest BCUT2D eigenvalue weighted by Crippen LogP contribution is 2.27. The first kappa shape index (κ1) is 20.5. The summed E-state index contributed by atoms with van der Waals surface area (Å²) >= 11 is 0. The van der Waals surface area contributed by atoms with Crippen LogP contribution in [0.1, 0.15) is 27.6 Å². The molecule has 3 rings (SSSR count). The lowest BCUT2D eigenvalue weighted by Crippen LogP contribution is -2.41. The fraction of sp³-hybridized carbons (Fsp3) is 0.286. The second-order valence-electron chi connectivity index (χ2n) is 6.34. The van der Waals surface area contributed by atoms with Crippen LogP contribution >= 0.6 is 0 Å². The summed E-state index contributed by atoms with van der Waals surface area (Å²) in [5, 5.41) is 10.1. The van der Waals surface area contributed by atoms with E-state index in [0.717, 1.165) is 6.92 Å². The van der Waals surface area contributed by atoms with Gasteiger partial charge in [-0.2, -0.15) is 0 Å². The molecular weight excluding hydrogens is 380 g/mol. The standard InChI is InChI=1S/C21H20O8/c1-13(22)27-18-17(29-20(24)15-10-6-3-7-11-15)16(28-21(18)25)12-26-19(23)14-8-4-2-5-9-14/h2-11,16-18,21,25H,12H2,1H3/t16-,17?,18?,21+/m0/s1. The van der Waals surface area contributed by atoms with Crippen LogP contribution in [0.15, 0.2) is 60.7 Å². The van der Waals surface area contributed by atoms with E-state index in [0.29, 0.717) is 5.56 Å². The molecular formula is C21H20O8. The molecule has 4 atom stereocenters. The Bertz CT molecular complexity index is 851. The van der Waals surface area contributed by atoms with E-state index >= 15 is 0 Å². The fourth-order valence-electron chi connectivity index (χ4n) is 2.88. The van der Waals surface area contributed by atoms with Gasteiger partial charge in [-0.25, -0.2) is 9.59 Å². The molecule has 8 heteroatoms.